The summed E-state index contributed by atoms with van der Waals surface area (Å²) in [7, 11) is -3.46. The lowest BCUT2D eigenvalue weighted by Gasteiger charge is -2.34. The molecule has 1 aliphatic rings. The Morgan fingerprint density at radius 3 is 2.75 bits per heavy atom. The first-order valence-electron chi connectivity index (χ1n) is 6.84. The predicted molar refractivity (Wildman–Crippen MR) is 81.3 cm³/mol. The predicted octanol–water partition coefficient (Wildman–Crippen LogP) is 2.40. The monoisotopic (exact) mass is 316 g/mol. The van der Waals surface area contributed by atoms with Gasteiger partial charge < -0.3 is 5.73 Å². The first kappa shape index (κ1) is 15.8. The molecule has 2 atom stereocenters. The van der Waals surface area contributed by atoms with E-state index >= 15 is 0 Å². The van der Waals surface area contributed by atoms with E-state index in [0.717, 1.165) is 12.8 Å². The van der Waals surface area contributed by atoms with Crippen LogP contribution in [-0.4, -0.2) is 31.9 Å². The highest BCUT2D eigenvalue weighted by Gasteiger charge is 2.32. The van der Waals surface area contributed by atoms with Crippen molar-refractivity contribution in [1.82, 2.24) is 4.31 Å². The molecule has 0 amide bonds. The van der Waals surface area contributed by atoms with Crippen molar-refractivity contribution in [3.8, 4) is 0 Å². The third-order valence-corrected chi connectivity index (χ3v) is 6.18. The van der Waals surface area contributed by atoms with Crippen LogP contribution in [0.15, 0.2) is 23.1 Å². The summed E-state index contributed by atoms with van der Waals surface area (Å²) in [5.74, 6) is 0.228. The fourth-order valence-corrected chi connectivity index (χ4v) is 4.63. The zero-order chi connectivity index (χ0) is 14.9. The number of nitrogens with two attached hydrogens (primary N) is 1. The molecule has 6 heteroatoms. The van der Waals surface area contributed by atoms with Crippen LogP contribution in [0.2, 0.25) is 5.02 Å². The first-order valence-corrected chi connectivity index (χ1v) is 8.66. The van der Waals surface area contributed by atoms with Gasteiger partial charge >= 0.3 is 0 Å². The second kappa shape index (κ2) is 6.02. The molecule has 1 aromatic rings. The highest BCUT2D eigenvalue weighted by Crippen LogP contribution is 2.27. The van der Waals surface area contributed by atoms with E-state index in [0.29, 0.717) is 28.6 Å². The summed E-state index contributed by atoms with van der Waals surface area (Å²) in [5.41, 5.74) is 6.60. The molecule has 112 valence electrons. The SMILES string of the molecule is Cc1cc(Cl)ccc1S(=O)(=O)N1CCC[C@@H]([C@@H](C)N)C1. The summed E-state index contributed by atoms with van der Waals surface area (Å²) >= 11 is 5.89. The van der Waals surface area contributed by atoms with Crippen molar-refractivity contribution in [2.75, 3.05) is 13.1 Å². The van der Waals surface area contributed by atoms with Crippen molar-refractivity contribution in [1.29, 1.82) is 0 Å². The Kier molecular flexibility index (Phi) is 4.74. The Morgan fingerprint density at radius 2 is 2.15 bits per heavy atom. The van der Waals surface area contributed by atoms with Crippen LogP contribution in [0.4, 0.5) is 0 Å². The van der Waals surface area contributed by atoms with Crippen molar-refractivity contribution in [3.05, 3.63) is 28.8 Å². The van der Waals surface area contributed by atoms with Crippen molar-refractivity contribution in [2.45, 2.75) is 37.6 Å². The zero-order valence-corrected chi connectivity index (χ0v) is 13.4. The maximum atomic E-state index is 12.7. The number of hydrogen-bond donors (Lipinski definition) is 1. The minimum absolute atomic E-state index is 0.0133. The van der Waals surface area contributed by atoms with E-state index in [4.69, 9.17) is 17.3 Å². The van der Waals surface area contributed by atoms with Gasteiger partial charge in [-0.3, -0.25) is 0 Å². The molecule has 20 heavy (non-hydrogen) atoms. The number of rotatable bonds is 3. The van der Waals surface area contributed by atoms with Crippen molar-refractivity contribution in [2.24, 2.45) is 11.7 Å². The van der Waals surface area contributed by atoms with Crippen LogP contribution >= 0.6 is 11.6 Å². The van der Waals surface area contributed by atoms with Crippen LogP contribution in [0.1, 0.15) is 25.3 Å². The molecule has 0 radical (unpaired) electrons. The number of aryl methyl sites for hydroxylation is 1. The summed E-state index contributed by atoms with van der Waals surface area (Å²) in [6.45, 7) is 4.77. The Bertz CT molecular complexity index is 587. The van der Waals surface area contributed by atoms with Gasteiger partial charge in [0, 0.05) is 24.2 Å². The maximum Gasteiger partial charge on any atom is 0.243 e. The van der Waals surface area contributed by atoms with Gasteiger partial charge in [0.25, 0.3) is 0 Å². The van der Waals surface area contributed by atoms with Gasteiger partial charge in [-0.15, -0.1) is 0 Å². The van der Waals surface area contributed by atoms with E-state index in [1.165, 1.54) is 0 Å². The highest BCUT2D eigenvalue weighted by atomic mass is 35.5. The number of sulfonamides is 1. The molecule has 1 fully saturated rings. The Hall–Kier alpha value is -0.620. The van der Waals surface area contributed by atoms with Gasteiger partial charge in [-0.05, 0) is 56.4 Å². The van der Waals surface area contributed by atoms with E-state index in [-0.39, 0.29) is 12.0 Å². The third-order valence-electron chi connectivity index (χ3n) is 3.92. The zero-order valence-electron chi connectivity index (χ0n) is 11.8. The fourth-order valence-electron chi connectivity index (χ4n) is 2.66. The van der Waals surface area contributed by atoms with E-state index in [9.17, 15) is 8.42 Å². The van der Waals surface area contributed by atoms with Crippen molar-refractivity contribution in [3.63, 3.8) is 0 Å². The molecule has 1 aromatic carbocycles. The average molecular weight is 317 g/mol. The summed E-state index contributed by atoms with van der Waals surface area (Å²) in [4.78, 5) is 0.340. The topological polar surface area (TPSA) is 63.4 Å². The normalized spacial score (nSPS) is 22.7. The van der Waals surface area contributed by atoms with E-state index < -0.39 is 10.0 Å². The number of hydrogen-bond acceptors (Lipinski definition) is 3. The second-order valence-corrected chi connectivity index (χ2v) is 7.88. The summed E-state index contributed by atoms with van der Waals surface area (Å²) in [6, 6.07) is 4.90. The van der Waals surface area contributed by atoms with Crippen molar-refractivity contribution >= 4 is 21.6 Å². The largest absolute Gasteiger partial charge is 0.328 e. The molecule has 0 aromatic heterocycles. The summed E-state index contributed by atoms with van der Waals surface area (Å²) in [5, 5.41) is 0.550. The molecule has 0 bridgehead atoms. The van der Waals surface area contributed by atoms with E-state index in [1.54, 1.807) is 29.4 Å². The lowest BCUT2D eigenvalue weighted by atomic mass is 9.93. The van der Waals surface area contributed by atoms with Gasteiger partial charge in [-0.1, -0.05) is 11.6 Å². The molecule has 0 unspecified atom stereocenters. The molecule has 0 saturated carbocycles. The molecule has 0 aliphatic carbocycles. The van der Waals surface area contributed by atoms with Gasteiger partial charge in [-0.2, -0.15) is 4.31 Å². The number of piperidine rings is 1. The first-order chi connectivity index (χ1) is 9.32. The fraction of sp³-hybridized carbons (Fsp3) is 0.571. The number of nitrogens with zero attached hydrogens (tertiary/aromatic N) is 1. The Balaban J connectivity index is 2.30. The molecule has 4 nitrogen and oxygen atoms in total. The highest BCUT2D eigenvalue weighted by molar-refractivity contribution is 7.89. The van der Waals surface area contributed by atoms with Gasteiger partial charge in [0.1, 0.15) is 0 Å². The lowest BCUT2D eigenvalue weighted by Crippen LogP contribution is -2.45. The second-order valence-electron chi connectivity index (χ2n) is 5.53. The van der Waals surface area contributed by atoms with Crippen molar-refractivity contribution < 1.29 is 8.42 Å². The molecule has 1 heterocycles. The quantitative estimate of drug-likeness (QED) is 0.931. The van der Waals surface area contributed by atoms with Gasteiger partial charge in [-0.25, -0.2) is 8.42 Å². The Labute approximate surface area is 126 Å². The summed E-state index contributed by atoms with van der Waals surface area (Å²) in [6.07, 6.45) is 1.85. The molecular formula is C14H21ClN2O2S. The van der Waals surface area contributed by atoms with Gasteiger partial charge in [0.15, 0.2) is 0 Å². The lowest BCUT2D eigenvalue weighted by molar-refractivity contribution is 0.243. The molecule has 0 spiro atoms. The molecular weight excluding hydrogens is 296 g/mol. The van der Waals surface area contributed by atoms with Gasteiger partial charge in [0.2, 0.25) is 10.0 Å². The maximum absolute atomic E-state index is 12.7. The van der Waals surface area contributed by atoms with Crippen LogP contribution in [0.25, 0.3) is 0 Å². The molecule has 1 aliphatic heterocycles. The van der Waals surface area contributed by atoms with Crippen LogP contribution in [0.3, 0.4) is 0 Å². The van der Waals surface area contributed by atoms with E-state index in [1.807, 2.05) is 6.92 Å². The Morgan fingerprint density at radius 1 is 1.45 bits per heavy atom. The van der Waals surface area contributed by atoms with Gasteiger partial charge in [0.05, 0.1) is 4.90 Å². The van der Waals surface area contributed by atoms with Crippen LogP contribution in [0, 0.1) is 12.8 Å². The molecule has 1 saturated heterocycles. The number of benzene rings is 1. The van der Waals surface area contributed by atoms with Crippen LogP contribution < -0.4 is 5.73 Å². The van der Waals surface area contributed by atoms with Crippen LogP contribution in [0.5, 0.6) is 0 Å². The van der Waals surface area contributed by atoms with Crippen LogP contribution in [-0.2, 0) is 10.0 Å². The smallest absolute Gasteiger partial charge is 0.243 e. The molecule has 2 N–H and O–H groups in total. The minimum atomic E-state index is -3.46. The average Bonchev–Trinajstić information content (AvgIpc) is 2.38. The third kappa shape index (κ3) is 3.17. The van der Waals surface area contributed by atoms with E-state index in [2.05, 4.69) is 0 Å². The minimum Gasteiger partial charge on any atom is -0.328 e. The summed E-state index contributed by atoms with van der Waals surface area (Å²) < 4.78 is 27.0. The number of halogens is 1. The molecule has 2 rings (SSSR count). The standard InChI is InChI=1S/C14H21ClN2O2S/c1-10-8-13(15)5-6-14(10)20(18,19)17-7-3-4-12(9-17)11(2)16/h5-6,8,11-12H,3-4,7,9,16H2,1-2H3/t11-,12-/m1/s1.